The first-order chi connectivity index (χ1) is 8.25. The number of phenolic OH excluding ortho intramolecular Hbond substituents is 1. The standard InChI is InChI=1S/C13H21N3O/c14-12-10-11(3-4-13(12)17)2-1-7-16-8-5-15-6-9-16/h3-4,10,15,17H,1-2,5-9,14H2. The van der Waals surface area contributed by atoms with Gasteiger partial charge in [0.05, 0.1) is 5.69 Å². The molecule has 94 valence electrons. The number of hydrogen-bond donors (Lipinski definition) is 3. The first kappa shape index (κ1) is 12.2. The zero-order chi connectivity index (χ0) is 12.1. The van der Waals surface area contributed by atoms with Crippen LogP contribution in [0, 0.1) is 0 Å². The third-order valence-corrected chi connectivity index (χ3v) is 3.24. The lowest BCUT2D eigenvalue weighted by Gasteiger charge is -2.27. The Hall–Kier alpha value is -1.26. The zero-order valence-corrected chi connectivity index (χ0v) is 10.2. The third-order valence-electron chi connectivity index (χ3n) is 3.24. The summed E-state index contributed by atoms with van der Waals surface area (Å²) < 4.78 is 0. The van der Waals surface area contributed by atoms with Gasteiger partial charge in [0.25, 0.3) is 0 Å². The molecule has 0 unspecified atom stereocenters. The SMILES string of the molecule is Nc1cc(CCCN2CCNCC2)ccc1O. The van der Waals surface area contributed by atoms with Gasteiger partial charge >= 0.3 is 0 Å². The van der Waals surface area contributed by atoms with E-state index in [2.05, 4.69) is 10.2 Å². The molecule has 1 saturated heterocycles. The molecule has 0 bridgehead atoms. The molecule has 4 heteroatoms. The number of rotatable bonds is 4. The lowest BCUT2D eigenvalue weighted by molar-refractivity contribution is 0.238. The molecule has 0 spiro atoms. The van der Waals surface area contributed by atoms with Crippen molar-refractivity contribution in [1.82, 2.24) is 10.2 Å². The smallest absolute Gasteiger partial charge is 0.138 e. The number of piperazine rings is 1. The molecule has 1 aliphatic rings. The van der Waals surface area contributed by atoms with Gasteiger partial charge in [0, 0.05) is 26.2 Å². The second kappa shape index (κ2) is 5.89. The maximum atomic E-state index is 9.33. The summed E-state index contributed by atoms with van der Waals surface area (Å²) in [5.74, 6) is 0.177. The van der Waals surface area contributed by atoms with E-state index in [1.165, 1.54) is 5.56 Å². The van der Waals surface area contributed by atoms with Crippen LogP contribution in [0.1, 0.15) is 12.0 Å². The van der Waals surface area contributed by atoms with Crippen LogP contribution in [-0.2, 0) is 6.42 Å². The van der Waals surface area contributed by atoms with Crippen LogP contribution in [0.4, 0.5) is 5.69 Å². The first-order valence-electron chi connectivity index (χ1n) is 6.26. The van der Waals surface area contributed by atoms with Gasteiger partial charge in [-0.1, -0.05) is 6.07 Å². The highest BCUT2D eigenvalue weighted by Crippen LogP contribution is 2.21. The highest BCUT2D eigenvalue weighted by Gasteiger charge is 2.08. The van der Waals surface area contributed by atoms with Crippen molar-refractivity contribution in [3.05, 3.63) is 23.8 Å². The van der Waals surface area contributed by atoms with Crippen molar-refractivity contribution >= 4 is 5.69 Å². The molecule has 0 aliphatic carbocycles. The summed E-state index contributed by atoms with van der Waals surface area (Å²) in [7, 11) is 0. The minimum Gasteiger partial charge on any atom is -0.506 e. The molecule has 0 amide bonds. The Labute approximate surface area is 102 Å². The number of nitrogens with one attached hydrogen (secondary N) is 1. The van der Waals surface area contributed by atoms with Crippen LogP contribution >= 0.6 is 0 Å². The lowest BCUT2D eigenvalue weighted by atomic mass is 10.1. The number of hydrogen-bond acceptors (Lipinski definition) is 4. The number of phenols is 1. The molecular formula is C13H21N3O. The fraction of sp³-hybridized carbons (Fsp3) is 0.538. The topological polar surface area (TPSA) is 61.5 Å². The minimum absolute atomic E-state index is 0.177. The normalized spacial score (nSPS) is 17.2. The van der Waals surface area contributed by atoms with Crippen LogP contribution < -0.4 is 11.1 Å². The molecule has 4 nitrogen and oxygen atoms in total. The summed E-state index contributed by atoms with van der Waals surface area (Å²) >= 11 is 0. The van der Waals surface area contributed by atoms with E-state index in [1.807, 2.05) is 12.1 Å². The molecular weight excluding hydrogens is 214 g/mol. The Kier molecular flexibility index (Phi) is 4.23. The van der Waals surface area contributed by atoms with Crippen molar-refractivity contribution < 1.29 is 5.11 Å². The Morgan fingerprint density at radius 3 is 2.76 bits per heavy atom. The van der Waals surface area contributed by atoms with Gasteiger partial charge in [-0.2, -0.15) is 0 Å². The molecule has 1 aliphatic heterocycles. The van der Waals surface area contributed by atoms with Gasteiger partial charge in [0.2, 0.25) is 0 Å². The fourth-order valence-electron chi connectivity index (χ4n) is 2.20. The average Bonchev–Trinajstić information content (AvgIpc) is 2.35. The number of aryl methyl sites for hydroxylation is 1. The van der Waals surface area contributed by atoms with E-state index in [1.54, 1.807) is 6.07 Å². The van der Waals surface area contributed by atoms with Crippen molar-refractivity contribution in [3.63, 3.8) is 0 Å². The van der Waals surface area contributed by atoms with Gasteiger partial charge in [-0.05, 0) is 37.1 Å². The van der Waals surface area contributed by atoms with Crippen LogP contribution in [0.25, 0.3) is 0 Å². The van der Waals surface area contributed by atoms with Gasteiger partial charge in [-0.25, -0.2) is 0 Å². The Morgan fingerprint density at radius 1 is 1.29 bits per heavy atom. The highest BCUT2D eigenvalue weighted by molar-refractivity contribution is 5.53. The molecule has 1 fully saturated rings. The maximum absolute atomic E-state index is 9.33. The summed E-state index contributed by atoms with van der Waals surface area (Å²) in [6.07, 6.45) is 2.17. The maximum Gasteiger partial charge on any atom is 0.138 e. The minimum atomic E-state index is 0.177. The van der Waals surface area contributed by atoms with Crippen molar-refractivity contribution in [2.45, 2.75) is 12.8 Å². The van der Waals surface area contributed by atoms with Gasteiger partial charge in [-0.15, -0.1) is 0 Å². The van der Waals surface area contributed by atoms with Crippen LogP contribution in [0.5, 0.6) is 5.75 Å². The molecule has 0 aromatic heterocycles. The number of nitrogens with zero attached hydrogens (tertiary/aromatic N) is 1. The predicted molar refractivity (Wildman–Crippen MR) is 70.1 cm³/mol. The van der Waals surface area contributed by atoms with E-state index in [0.29, 0.717) is 5.69 Å². The van der Waals surface area contributed by atoms with Crippen LogP contribution in [-0.4, -0.2) is 42.7 Å². The van der Waals surface area contributed by atoms with Crippen molar-refractivity contribution in [2.75, 3.05) is 38.5 Å². The van der Waals surface area contributed by atoms with E-state index < -0.39 is 0 Å². The van der Waals surface area contributed by atoms with Crippen LogP contribution in [0.3, 0.4) is 0 Å². The third kappa shape index (κ3) is 3.61. The Balaban J connectivity index is 1.75. The largest absolute Gasteiger partial charge is 0.506 e. The number of nitrogen functional groups attached to an aromatic ring is 1. The molecule has 17 heavy (non-hydrogen) atoms. The molecule has 2 rings (SSSR count). The van der Waals surface area contributed by atoms with Crippen LogP contribution in [0.15, 0.2) is 18.2 Å². The van der Waals surface area contributed by atoms with E-state index >= 15 is 0 Å². The van der Waals surface area contributed by atoms with Gasteiger partial charge in [0.15, 0.2) is 0 Å². The second-order valence-electron chi connectivity index (χ2n) is 4.59. The van der Waals surface area contributed by atoms with Crippen molar-refractivity contribution in [3.8, 4) is 5.75 Å². The average molecular weight is 235 g/mol. The number of nitrogens with two attached hydrogens (primary N) is 1. The van der Waals surface area contributed by atoms with E-state index in [4.69, 9.17) is 5.73 Å². The first-order valence-corrected chi connectivity index (χ1v) is 6.26. The Morgan fingerprint density at radius 2 is 2.06 bits per heavy atom. The molecule has 4 N–H and O–H groups in total. The summed E-state index contributed by atoms with van der Waals surface area (Å²) in [4.78, 5) is 2.49. The molecule has 1 aromatic rings. The number of benzene rings is 1. The van der Waals surface area contributed by atoms with Crippen molar-refractivity contribution in [1.29, 1.82) is 0 Å². The number of anilines is 1. The second-order valence-corrected chi connectivity index (χ2v) is 4.59. The molecule has 0 saturated carbocycles. The number of aromatic hydroxyl groups is 1. The lowest BCUT2D eigenvalue weighted by Crippen LogP contribution is -2.43. The van der Waals surface area contributed by atoms with E-state index in [9.17, 15) is 5.11 Å². The van der Waals surface area contributed by atoms with Gasteiger partial charge in [-0.3, -0.25) is 0 Å². The molecule has 0 atom stereocenters. The molecule has 1 aromatic carbocycles. The fourth-order valence-corrected chi connectivity index (χ4v) is 2.20. The van der Waals surface area contributed by atoms with Crippen molar-refractivity contribution in [2.24, 2.45) is 0 Å². The summed E-state index contributed by atoms with van der Waals surface area (Å²) in [5.41, 5.74) is 7.35. The van der Waals surface area contributed by atoms with Crippen LogP contribution in [0.2, 0.25) is 0 Å². The van der Waals surface area contributed by atoms with E-state index in [-0.39, 0.29) is 5.75 Å². The van der Waals surface area contributed by atoms with E-state index in [0.717, 1.165) is 45.6 Å². The molecule has 1 heterocycles. The summed E-state index contributed by atoms with van der Waals surface area (Å²) in [6.45, 7) is 5.65. The monoisotopic (exact) mass is 235 g/mol. The Bertz CT molecular complexity index is 362. The summed E-state index contributed by atoms with van der Waals surface area (Å²) in [5, 5.41) is 12.7. The zero-order valence-electron chi connectivity index (χ0n) is 10.2. The van der Waals surface area contributed by atoms with Gasteiger partial charge < -0.3 is 21.1 Å². The summed E-state index contributed by atoms with van der Waals surface area (Å²) in [6, 6.07) is 5.49. The quantitative estimate of drug-likeness (QED) is 0.534. The molecule has 0 radical (unpaired) electrons. The van der Waals surface area contributed by atoms with Gasteiger partial charge in [0.1, 0.15) is 5.75 Å². The highest BCUT2D eigenvalue weighted by atomic mass is 16.3. The predicted octanol–water partition coefficient (Wildman–Crippen LogP) is 0.812.